The van der Waals surface area contributed by atoms with E-state index >= 15 is 0 Å². The average Bonchev–Trinajstić information content (AvgIpc) is 2.29. The molecule has 0 spiro atoms. The van der Waals surface area contributed by atoms with Crippen molar-refractivity contribution in [2.45, 2.75) is 26.2 Å². The Morgan fingerprint density at radius 3 is 2.41 bits per heavy atom. The number of piperidine rings is 1. The molecule has 3 N–H and O–H groups in total. The molecule has 0 aliphatic carbocycles. The van der Waals surface area contributed by atoms with Crippen LogP contribution in [0.25, 0.3) is 0 Å². The summed E-state index contributed by atoms with van der Waals surface area (Å²) in [6, 6.07) is 0. The summed E-state index contributed by atoms with van der Waals surface area (Å²) >= 11 is 0. The van der Waals surface area contributed by atoms with Gasteiger partial charge in [0.1, 0.15) is 0 Å². The van der Waals surface area contributed by atoms with Crippen LogP contribution in [0.4, 0.5) is 0 Å². The van der Waals surface area contributed by atoms with Gasteiger partial charge < -0.3 is 5.73 Å². The second-order valence-corrected chi connectivity index (χ2v) is 6.64. The molecule has 7 heteroatoms. The zero-order valence-corrected chi connectivity index (χ0v) is 11.3. The first-order valence-corrected chi connectivity index (χ1v) is 7.30. The van der Waals surface area contributed by atoms with Gasteiger partial charge in [-0.3, -0.25) is 5.41 Å². The molecule has 0 amide bonds. The van der Waals surface area contributed by atoms with Crippen LogP contribution in [0.15, 0.2) is 0 Å². The fraction of sp³-hybridized carbons (Fsp3) is 0.900. The predicted octanol–water partition coefficient (Wildman–Crippen LogP) is 0.221. The molecule has 1 rings (SSSR count). The standard InChI is InChI=1S/C10H22N4O2S/c1-9(10(11)12)8-13(2)17(15,16)14-6-4-3-5-7-14/h9H,3-8H2,1-2H3,(H3,11,12). The van der Waals surface area contributed by atoms with Crippen molar-refractivity contribution in [1.29, 1.82) is 5.41 Å². The first-order valence-electron chi connectivity index (χ1n) is 5.91. The SMILES string of the molecule is CC(CN(C)S(=O)(=O)N1CCCCC1)C(=N)N. The molecule has 1 fully saturated rings. The fourth-order valence-electron chi connectivity index (χ4n) is 1.87. The summed E-state index contributed by atoms with van der Waals surface area (Å²) in [4.78, 5) is 0. The molecule has 0 saturated carbocycles. The lowest BCUT2D eigenvalue weighted by atomic mass is 10.2. The van der Waals surface area contributed by atoms with E-state index in [4.69, 9.17) is 11.1 Å². The topological polar surface area (TPSA) is 90.5 Å². The molecule has 17 heavy (non-hydrogen) atoms. The second kappa shape index (κ2) is 5.79. The monoisotopic (exact) mass is 262 g/mol. The Morgan fingerprint density at radius 2 is 1.94 bits per heavy atom. The average molecular weight is 262 g/mol. The highest BCUT2D eigenvalue weighted by molar-refractivity contribution is 7.86. The van der Waals surface area contributed by atoms with E-state index in [0.717, 1.165) is 19.3 Å². The minimum atomic E-state index is -3.38. The smallest absolute Gasteiger partial charge is 0.281 e. The van der Waals surface area contributed by atoms with Gasteiger partial charge >= 0.3 is 0 Å². The van der Waals surface area contributed by atoms with Gasteiger partial charge in [0.2, 0.25) is 0 Å². The number of rotatable bonds is 5. The van der Waals surface area contributed by atoms with Gasteiger partial charge in [-0.05, 0) is 12.8 Å². The van der Waals surface area contributed by atoms with Gasteiger partial charge in [-0.15, -0.1) is 0 Å². The quantitative estimate of drug-likeness (QED) is 0.548. The van der Waals surface area contributed by atoms with Crippen molar-refractivity contribution >= 4 is 16.0 Å². The van der Waals surface area contributed by atoms with Gasteiger partial charge in [0.05, 0.1) is 5.84 Å². The van der Waals surface area contributed by atoms with Crippen LogP contribution < -0.4 is 5.73 Å². The Morgan fingerprint density at radius 1 is 1.41 bits per heavy atom. The lowest BCUT2D eigenvalue weighted by Gasteiger charge is -2.31. The first kappa shape index (κ1) is 14.4. The van der Waals surface area contributed by atoms with Crippen LogP contribution in [0.1, 0.15) is 26.2 Å². The van der Waals surface area contributed by atoms with Crippen molar-refractivity contribution < 1.29 is 8.42 Å². The van der Waals surface area contributed by atoms with Crippen LogP contribution in [0.2, 0.25) is 0 Å². The molecule has 0 bridgehead atoms. The number of hydrogen-bond acceptors (Lipinski definition) is 3. The highest BCUT2D eigenvalue weighted by atomic mass is 32.2. The van der Waals surface area contributed by atoms with E-state index in [1.807, 2.05) is 0 Å². The Bertz CT molecular complexity index is 363. The third-order valence-electron chi connectivity index (χ3n) is 3.10. The lowest BCUT2D eigenvalue weighted by Crippen LogP contribution is -2.46. The highest BCUT2D eigenvalue weighted by Gasteiger charge is 2.29. The molecule has 0 aromatic rings. The van der Waals surface area contributed by atoms with Crippen molar-refractivity contribution in [1.82, 2.24) is 8.61 Å². The molecule has 1 heterocycles. The van der Waals surface area contributed by atoms with E-state index < -0.39 is 10.2 Å². The first-order chi connectivity index (χ1) is 7.85. The van der Waals surface area contributed by atoms with Crippen molar-refractivity contribution in [2.24, 2.45) is 11.7 Å². The summed E-state index contributed by atoms with van der Waals surface area (Å²) < 4.78 is 27.2. The maximum atomic E-state index is 12.2. The Labute approximate surface area is 103 Å². The zero-order chi connectivity index (χ0) is 13.1. The molecule has 0 aromatic heterocycles. The largest absolute Gasteiger partial charge is 0.387 e. The van der Waals surface area contributed by atoms with Crippen LogP contribution in [0.3, 0.4) is 0 Å². The number of nitrogens with one attached hydrogen (secondary N) is 1. The maximum absolute atomic E-state index is 12.2. The molecule has 6 nitrogen and oxygen atoms in total. The third kappa shape index (κ3) is 3.65. The summed E-state index contributed by atoms with van der Waals surface area (Å²) in [5.74, 6) is -0.231. The van der Waals surface area contributed by atoms with Crippen molar-refractivity contribution in [3.63, 3.8) is 0 Å². The van der Waals surface area contributed by atoms with E-state index in [0.29, 0.717) is 13.1 Å². The second-order valence-electron chi connectivity index (χ2n) is 4.60. The van der Waals surface area contributed by atoms with E-state index in [-0.39, 0.29) is 18.3 Å². The number of nitrogens with two attached hydrogens (primary N) is 1. The van der Waals surface area contributed by atoms with Crippen LogP contribution in [-0.4, -0.2) is 49.5 Å². The number of amidine groups is 1. The zero-order valence-electron chi connectivity index (χ0n) is 10.5. The van der Waals surface area contributed by atoms with Gasteiger partial charge in [-0.1, -0.05) is 13.3 Å². The molecule has 1 unspecified atom stereocenters. The van der Waals surface area contributed by atoms with Gasteiger partial charge in [0.15, 0.2) is 0 Å². The van der Waals surface area contributed by atoms with Crippen molar-refractivity contribution in [2.75, 3.05) is 26.7 Å². The Kier molecular flexibility index (Phi) is 4.91. The summed E-state index contributed by atoms with van der Waals surface area (Å²) in [6.45, 7) is 3.21. The molecular formula is C10H22N4O2S. The maximum Gasteiger partial charge on any atom is 0.281 e. The van der Waals surface area contributed by atoms with Crippen LogP contribution >= 0.6 is 0 Å². The molecule has 1 atom stereocenters. The summed E-state index contributed by atoms with van der Waals surface area (Å²) in [5.41, 5.74) is 5.35. The molecular weight excluding hydrogens is 240 g/mol. The van der Waals surface area contributed by atoms with Crippen molar-refractivity contribution in [3.05, 3.63) is 0 Å². The summed E-state index contributed by atoms with van der Waals surface area (Å²) in [7, 11) is -1.83. The fourth-order valence-corrected chi connectivity index (χ4v) is 3.40. The van der Waals surface area contributed by atoms with Crippen LogP contribution in [0.5, 0.6) is 0 Å². The Balaban J connectivity index is 2.65. The third-order valence-corrected chi connectivity index (χ3v) is 5.05. The number of hydrogen-bond donors (Lipinski definition) is 2. The van der Waals surface area contributed by atoms with Gasteiger partial charge in [0, 0.05) is 32.6 Å². The number of nitrogens with zero attached hydrogens (tertiary/aromatic N) is 2. The molecule has 1 aliphatic heterocycles. The van der Waals surface area contributed by atoms with Gasteiger partial charge in [0.25, 0.3) is 10.2 Å². The molecule has 0 radical (unpaired) electrons. The van der Waals surface area contributed by atoms with Crippen LogP contribution in [-0.2, 0) is 10.2 Å². The predicted molar refractivity (Wildman–Crippen MR) is 68.1 cm³/mol. The normalized spacial score (nSPS) is 20.4. The Hall–Kier alpha value is -0.660. The molecule has 100 valence electrons. The minimum absolute atomic E-state index is 0.0192. The van der Waals surface area contributed by atoms with Gasteiger partial charge in [-0.25, -0.2) is 0 Å². The van der Waals surface area contributed by atoms with E-state index in [1.54, 1.807) is 14.0 Å². The lowest BCUT2D eigenvalue weighted by molar-refractivity contribution is 0.311. The molecule has 1 saturated heterocycles. The van der Waals surface area contributed by atoms with E-state index in [9.17, 15) is 8.42 Å². The van der Waals surface area contributed by atoms with E-state index in [1.165, 1.54) is 8.61 Å². The summed E-state index contributed by atoms with van der Waals surface area (Å²) in [6.07, 6.45) is 2.95. The van der Waals surface area contributed by atoms with E-state index in [2.05, 4.69) is 0 Å². The molecule has 0 aromatic carbocycles. The van der Waals surface area contributed by atoms with Crippen LogP contribution in [0, 0.1) is 11.3 Å². The van der Waals surface area contributed by atoms with Crippen molar-refractivity contribution in [3.8, 4) is 0 Å². The minimum Gasteiger partial charge on any atom is -0.387 e. The highest BCUT2D eigenvalue weighted by Crippen LogP contribution is 2.16. The van der Waals surface area contributed by atoms with Gasteiger partial charge in [-0.2, -0.15) is 17.0 Å². The molecule has 1 aliphatic rings. The summed E-state index contributed by atoms with van der Waals surface area (Å²) in [5, 5.41) is 7.29.